The Labute approximate surface area is 178 Å². The third-order valence-electron chi connectivity index (χ3n) is 4.15. The summed E-state index contributed by atoms with van der Waals surface area (Å²) in [5, 5.41) is 17.5. The van der Waals surface area contributed by atoms with Gasteiger partial charge in [-0.25, -0.2) is 14.0 Å². The van der Waals surface area contributed by atoms with Crippen molar-refractivity contribution in [1.82, 2.24) is 9.47 Å². The van der Waals surface area contributed by atoms with Crippen molar-refractivity contribution in [3.8, 4) is 5.69 Å². The van der Waals surface area contributed by atoms with Crippen LogP contribution in [-0.4, -0.2) is 52.3 Å². The van der Waals surface area contributed by atoms with Crippen LogP contribution in [0.2, 0.25) is 5.02 Å². The second-order valence-electron chi connectivity index (χ2n) is 6.73. The van der Waals surface area contributed by atoms with Gasteiger partial charge in [0, 0.05) is 41.0 Å². The fourth-order valence-corrected chi connectivity index (χ4v) is 2.94. The lowest BCUT2D eigenvalue weighted by Crippen LogP contribution is -2.14. The summed E-state index contributed by atoms with van der Waals surface area (Å²) in [4.78, 5) is 21.3. The molecule has 3 aromatic rings. The van der Waals surface area contributed by atoms with Crippen LogP contribution in [0.15, 0.2) is 60.8 Å². The summed E-state index contributed by atoms with van der Waals surface area (Å²) in [5.74, 6) is -2.74. The first-order valence-corrected chi connectivity index (χ1v) is 9.39. The summed E-state index contributed by atoms with van der Waals surface area (Å²) in [6, 6.07) is 12.5. The first kappa shape index (κ1) is 23.1. The fraction of sp³-hybridized carbons (Fsp3) is 0.182. The van der Waals surface area contributed by atoms with E-state index in [1.54, 1.807) is 12.1 Å². The van der Waals surface area contributed by atoms with Crippen molar-refractivity contribution in [3.05, 3.63) is 77.2 Å². The van der Waals surface area contributed by atoms with Crippen LogP contribution < -0.4 is 0 Å². The van der Waals surface area contributed by atoms with E-state index in [1.165, 1.54) is 17.7 Å². The number of benzene rings is 2. The summed E-state index contributed by atoms with van der Waals surface area (Å²) in [6.07, 6.45) is 4.18. The van der Waals surface area contributed by atoms with Gasteiger partial charge < -0.3 is 19.7 Å². The number of rotatable bonds is 6. The molecule has 0 spiro atoms. The maximum atomic E-state index is 13.2. The van der Waals surface area contributed by atoms with Gasteiger partial charge >= 0.3 is 11.9 Å². The molecule has 30 heavy (non-hydrogen) atoms. The minimum Gasteiger partial charge on any atom is -0.478 e. The number of nitrogens with zero attached hydrogens (tertiary/aromatic N) is 2. The van der Waals surface area contributed by atoms with E-state index in [4.69, 9.17) is 21.8 Å². The van der Waals surface area contributed by atoms with Crippen LogP contribution in [0.25, 0.3) is 16.6 Å². The SMILES string of the molecule is CN(C)CCc1cn(-c2ccc(F)cc2)c2ccc(Cl)cc12.O=C(O)C=CC(=O)O. The van der Waals surface area contributed by atoms with E-state index in [0.29, 0.717) is 12.2 Å². The van der Waals surface area contributed by atoms with Crippen molar-refractivity contribution < 1.29 is 24.2 Å². The van der Waals surface area contributed by atoms with E-state index < -0.39 is 11.9 Å². The highest BCUT2D eigenvalue weighted by atomic mass is 35.5. The van der Waals surface area contributed by atoms with Gasteiger partial charge in [-0.1, -0.05) is 11.6 Å². The van der Waals surface area contributed by atoms with Gasteiger partial charge in [0.05, 0.1) is 5.52 Å². The van der Waals surface area contributed by atoms with E-state index in [9.17, 15) is 14.0 Å². The third-order valence-corrected chi connectivity index (χ3v) is 4.39. The topological polar surface area (TPSA) is 82.8 Å². The van der Waals surface area contributed by atoms with Gasteiger partial charge in [-0.3, -0.25) is 0 Å². The number of carboxylic acid groups (broad SMARTS) is 2. The van der Waals surface area contributed by atoms with Gasteiger partial charge in [0.15, 0.2) is 0 Å². The number of carboxylic acids is 2. The van der Waals surface area contributed by atoms with Crippen LogP contribution in [0.3, 0.4) is 0 Å². The first-order valence-electron chi connectivity index (χ1n) is 9.01. The molecule has 0 radical (unpaired) electrons. The van der Waals surface area contributed by atoms with Crippen LogP contribution in [0, 0.1) is 5.82 Å². The molecular weight excluding hydrogens is 411 g/mol. The predicted molar refractivity (Wildman–Crippen MR) is 115 cm³/mol. The van der Waals surface area contributed by atoms with E-state index in [2.05, 4.69) is 29.8 Å². The summed E-state index contributed by atoms with van der Waals surface area (Å²) in [6.45, 7) is 0.967. The molecule has 0 aliphatic rings. The molecule has 6 nitrogen and oxygen atoms in total. The van der Waals surface area contributed by atoms with Gasteiger partial charge in [0.25, 0.3) is 0 Å². The number of fused-ring (bicyclic) bond motifs is 1. The summed E-state index contributed by atoms with van der Waals surface area (Å²) in [5.41, 5.74) is 3.28. The number of halogens is 2. The zero-order chi connectivity index (χ0) is 22.3. The van der Waals surface area contributed by atoms with Crippen molar-refractivity contribution in [3.63, 3.8) is 0 Å². The molecule has 3 rings (SSSR count). The number of hydrogen-bond donors (Lipinski definition) is 2. The molecule has 1 aromatic heterocycles. The molecule has 1 heterocycles. The average molecular weight is 433 g/mol. The quantitative estimate of drug-likeness (QED) is 0.569. The smallest absolute Gasteiger partial charge is 0.328 e. The number of likely N-dealkylation sites (N-methyl/N-ethyl adjacent to an activating group) is 1. The molecule has 2 aromatic carbocycles. The van der Waals surface area contributed by atoms with E-state index >= 15 is 0 Å². The van der Waals surface area contributed by atoms with E-state index in [0.717, 1.165) is 34.6 Å². The number of carbonyl (C=O) groups is 2. The van der Waals surface area contributed by atoms with Crippen LogP contribution in [0.5, 0.6) is 0 Å². The molecule has 0 atom stereocenters. The third kappa shape index (κ3) is 6.72. The van der Waals surface area contributed by atoms with Crippen molar-refractivity contribution >= 4 is 34.4 Å². The summed E-state index contributed by atoms with van der Waals surface area (Å²) in [7, 11) is 4.12. The lowest BCUT2D eigenvalue weighted by atomic mass is 10.1. The second kappa shape index (κ2) is 10.6. The number of aliphatic carboxylic acids is 2. The zero-order valence-electron chi connectivity index (χ0n) is 16.5. The average Bonchev–Trinajstić information content (AvgIpc) is 3.03. The Kier molecular flexibility index (Phi) is 8.15. The molecule has 158 valence electrons. The molecule has 0 bridgehead atoms. The Morgan fingerprint density at radius 2 is 1.67 bits per heavy atom. The fourth-order valence-electron chi connectivity index (χ4n) is 2.77. The highest BCUT2D eigenvalue weighted by molar-refractivity contribution is 6.31. The maximum Gasteiger partial charge on any atom is 0.328 e. The van der Waals surface area contributed by atoms with Crippen molar-refractivity contribution in [2.24, 2.45) is 0 Å². The van der Waals surface area contributed by atoms with Crippen LogP contribution in [0.1, 0.15) is 5.56 Å². The minimum absolute atomic E-state index is 0.226. The Hall–Kier alpha value is -3.16. The lowest BCUT2D eigenvalue weighted by Gasteiger charge is -2.08. The molecule has 0 amide bonds. The highest BCUT2D eigenvalue weighted by Gasteiger charge is 2.11. The Morgan fingerprint density at radius 3 is 2.20 bits per heavy atom. The monoisotopic (exact) mass is 432 g/mol. The van der Waals surface area contributed by atoms with Gasteiger partial charge in [-0.05, 0) is 68.5 Å². The van der Waals surface area contributed by atoms with Crippen LogP contribution in [0.4, 0.5) is 4.39 Å². The van der Waals surface area contributed by atoms with Gasteiger partial charge in [-0.15, -0.1) is 0 Å². The molecule has 8 heteroatoms. The van der Waals surface area contributed by atoms with Crippen molar-refractivity contribution in [2.75, 3.05) is 20.6 Å². The molecule has 0 aliphatic heterocycles. The maximum absolute atomic E-state index is 13.2. The molecule has 0 saturated heterocycles. The first-order chi connectivity index (χ1) is 14.2. The minimum atomic E-state index is -1.26. The van der Waals surface area contributed by atoms with Gasteiger partial charge in [-0.2, -0.15) is 0 Å². The number of hydrogen-bond acceptors (Lipinski definition) is 3. The second-order valence-corrected chi connectivity index (χ2v) is 7.16. The zero-order valence-corrected chi connectivity index (χ0v) is 17.3. The highest BCUT2D eigenvalue weighted by Crippen LogP contribution is 2.28. The van der Waals surface area contributed by atoms with Crippen LogP contribution in [-0.2, 0) is 16.0 Å². The molecular formula is C22H22ClFN2O4. The predicted octanol–water partition coefficient (Wildman–Crippen LogP) is 4.24. The van der Waals surface area contributed by atoms with E-state index in [1.807, 2.05) is 18.2 Å². The molecule has 0 unspecified atom stereocenters. The molecule has 0 fully saturated rings. The van der Waals surface area contributed by atoms with Gasteiger partial charge in [0.1, 0.15) is 5.82 Å². The normalized spacial score (nSPS) is 11.0. The van der Waals surface area contributed by atoms with E-state index in [-0.39, 0.29) is 5.82 Å². The van der Waals surface area contributed by atoms with Crippen molar-refractivity contribution in [2.45, 2.75) is 6.42 Å². The van der Waals surface area contributed by atoms with Crippen LogP contribution >= 0.6 is 11.6 Å². The van der Waals surface area contributed by atoms with Crippen molar-refractivity contribution in [1.29, 1.82) is 0 Å². The molecule has 2 N–H and O–H groups in total. The molecule has 0 aliphatic carbocycles. The largest absolute Gasteiger partial charge is 0.478 e. The Bertz CT molecular complexity index is 1040. The van der Waals surface area contributed by atoms with Gasteiger partial charge in [0.2, 0.25) is 0 Å². The Morgan fingerprint density at radius 1 is 1.07 bits per heavy atom. The summed E-state index contributed by atoms with van der Waals surface area (Å²) < 4.78 is 15.2. The standard InChI is InChI=1S/C18H18ClFN2.C4H4O4/c1-21(2)10-9-13-12-22(16-6-4-15(20)5-7-16)18-8-3-14(19)11-17(13)18;5-3(6)1-2-4(7)8/h3-8,11-12H,9-10H2,1-2H3;1-2H,(H,5,6)(H,7,8). The Balaban J connectivity index is 0.000000343. The number of aromatic nitrogens is 1. The molecule has 0 saturated carbocycles. The lowest BCUT2D eigenvalue weighted by molar-refractivity contribution is -0.134. The summed E-state index contributed by atoms with van der Waals surface area (Å²) >= 11 is 6.16.